The largest absolute Gasteiger partial charge is 0.370 e. The molecule has 0 aliphatic carbocycles. The summed E-state index contributed by atoms with van der Waals surface area (Å²) in [6.07, 6.45) is 6.26. The summed E-state index contributed by atoms with van der Waals surface area (Å²) in [6.45, 7) is 1.84. The van der Waals surface area contributed by atoms with Crippen molar-refractivity contribution in [1.82, 2.24) is 9.55 Å². The molecule has 4 heteroatoms. The molecule has 1 aromatic carbocycles. The fourth-order valence-corrected chi connectivity index (χ4v) is 2.78. The number of imidazole rings is 1. The molecule has 1 aromatic heterocycles. The topological polar surface area (TPSA) is 38.1 Å². The number of anilines is 1. The van der Waals surface area contributed by atoms with Crippen molar-refractivity contribution in [3.8, 4) is 0 Å². The van der Waals surface area contributed by atoms with E-state index in [4.69, 9.17) is 0 Å². The molecule has 1 aliphatic heterocycles. The molecule has 3 rings (SSSR count). The molecular weight excluding hydrogens is 250 g/mol. The fraction of sp³-hybridized carbons (Fsp3) is 0.375. The first-order valence-electron chi connectivity index (χ1n) is 7.09. The summed E-state index contributed by atoms with van der Waals surface area (Å²) in [7, 11) is 2.02. The summed E-state index contributed by atoms with van der Waals surface area (Å²) >= 11 is 0. The second-order valence-corrected chi connectivity index (χ2v) is 5.24. The predicted octanol–water partition coefficient (Wildman–Crippen LogP) is 2.45. The van der Waals surface area contributed by atoms with Gasteiger partial charge in [0, 0.05) is 56.6 Å². The molecule has 0 unspecified atom stereocenters. The zero-order chi connectivity index (χ0) is 13.9. The van der Waals surface area contributed by atoms with Gasteiger partial charge in [-0.15, -0.1) is 0 Å². The Kier molecular flexibility index (Phi) is 3.54. The van der Waals surface area contributed by atoms with Crippen LogP contribution in [0.25, 0.3) is 0 Å². The monoisotopic (exact) mass is 269 g/mol. The van der Waals surface area contributed by atoms with Gasteiger partial charge in [-0.05, 0) is 18.6 Å². The van der Waals surface area contributed by atoms with Gasteiger partial charge in [-0.25, -0.2) is 4.98 Å². The standard InChI is InChI=1S/C16H19N3O/c1-18-12-9-17-16(18)8-11-19-10-4-7-15(20)13-5-2-3-6-14(13)19/h2-3,5-6,9,12H,4,7-8,10-11H2,1H3. The number of ketones is 1. The number of Topliss-reactive ketones (excluding diaryl/α,β-unsaturated/α-hetero) is 1. The summed E-state index contributed by atoms with van der Waals surface area (Å²) in [5.41, 5.74) is 1.94. The molecule has 104 valence electrons. The van der Waals surface area contributed by atoms with Gasteiger partial charge >= 0.3 is 0 Å². The highest BCUT2D eigenvalue weighted by Gasteiger charge is 2.20. The van der Waals surface area contributed by atoms with Gasteiger partial charge in [0.05, 0.1) is 0 Å². The van der Waals surface area contributed by atoms with E-state index in [2.05, 4.69) is 20.5 Å². The van der Waals surface area contributed by atoms with Gasteiger partial charge in [0.25, 0.3) is 0 Å². The van der Waals surface area contributed by atoms with Crippen molar-refractivity contribution in [2.75, 3.05) is 18.0 Å². The van der Waals surface area contributed by atoms with E-state index in [-0.39, 0.29) is 5.78 Å². The number of fused-ring (bicyclic) bond motifs is 1. The van der Waals surface area contributed by atoms with Crippen molar-refractivity contribution < 1.29 is 4.79 Å². The Morgan fingerprint density at radius 1 is 1.30 bits per heavy atom. The summed E-state index contributed by atoms with van der Waals surface area (Å²) in [6, 6.07) is 7.94. The molecule has 0 atom stereocenters. The number of hydrogen-bond acceptors (Lipinski definition) is 3. The van der Waals surface area contributed by atoms with Crippen LogP contribution in [0.4, 0.5) is 5.69 Å². The Bertz CT molecular complexity index is 618. The lowest BCUT2D eigenvalue weighted by atomic mass is 10.1. The second kappa shape index (κ2) is 5.49. The van der Waals surface area contributed by atoms with Crippen LogP contribution in [0.15, 0.2) is 36.7 Å². The highest BCUT2D eigenvalue weighted by Crippen LogP contribution is 2.26. The van der Waals surface area contributed by atoms with Crippen molar-refractivity contribution in [3.63, 3.8) is 0 Å². The van der Waals surface area contributed by atoms with Crippen molar-refractivity contribution >= 4 is 11.5 Å². The fourth-order valence-electron chi connectivity index (χ4n) is 2.78. The molecule has 0 amide bonds. The van der Waals surface area contributed by atoms with E-state index in [0.717, 1.165) is 43.0 Å². The molecule has 0 radical (unpaired) electrons. The maximum atomic E-state index is 12.1. The molecule has 0 saturated carbocycles. The molecule has 0 bridgehead atoms. The zero-order valence-corrected chi connectivity index (χ0v) is 11.7. The van der Waals surface area contributed by atoms with Gasteiger partial charge < -0.3 is 9.47 Å². The minimum Gasteiger partial charge on any atom is -0.370 e. The van der Waals surface area contributed by atoms with E-state index in [1.807, 2.05) is 37.6 Å². The molecule has 0 saturated heterocycles. The third kappa shape index (κ3) is 2.46. The zero-order valence-electron chi connectivity index (χ0n) is 11.7. The number of carbonyl (C=O) groups excluding carboxylic acids is 1. The van der Waals surface area contributed by atoms with Gasteiger partial charge in [-0.1, -0.05) is 12.1 Å². The summed E-state index contributed by atoms with van der Waals surface area (Å²) < 4.78 is 2.05. The van der Waals surface area contributed by atoms with E-state index in [1.165, 1.54) is 0 Å². The molecule has 20 heavy (non-hydrogen) atoms. The van der Waals surface area contributed by atoms with Crippen LogP contribution in [0, 0.1) is 0 Å². The van der Waals surface area contributed by atoms with E-state index in [1.54, 1.807) is 0 Å². The first-order chi connectivity index (χ1) is 9.75. The van der Waals surface area contributed by atoms with Gasteiger partial charge in [0.1, 0.15) is 5.82 Å². The normalized spacial score (nSPS) is 15.1. The number of aryl methyl sites for hydroxylation is 1. The molecule has 2 heterocycles. The molecule has 0 N–H and O–H groups in total. The number of hydrogen-bond donors (Lipinski definition) is 0. The number of rotatable bonds is 3. The van der Waals surface area contributed by atoms with Crippen LogP contribution in [0.1, 0.15) is 29.0 Å². The van der Waals surface area contributed by atoms with Crippen LogP contribution < -0.4 is 4.90 Å². The van der Waals surface area contributed by atoms with Crippen LogP contribution in [0.5, 0.6) is 0 Å². The van der Waals surface area contributed by atoms with Crippen LogP contribution in [0.3, 0.4) is 0 Å². The quantitative estimate of drug-likeness (QED) is 0.859. The maximum Gasteiger partial charge on any atom is 0.165 e. The number of aromatic nitrogens is 2. The van der Waals surface area contributed by atoms with Crippen molar-refractivity contribution in [3.05, 3.63) is 48.0 Å². The average molecular weight is 269 g/mol. The van der Waals surface area contributed by atoms with Gasteiger partial charge in [-0.3, -0.25) is 4.79 Å². The van der Waals surface area contributed by atoms with Crippen molar-refractivity contribution in [1.29, 1.82) is 0 Å². The van der Waals surface area contributed by atoms with E-state index in [9.17, 15) is 4.79 Å². The molecular formula is C16H19N3O. The minimum absolute atomic E-state index is 0.264. The second-order valence-electron chi connectivity index (χ2n) is 5.24. The third-order valence-electron chi connectivity index (χ3n) is 3.90. The van der Waals surface area contributed by atoms with Gasteiger partial charge in [0.15, 0.2) is 5.78 Å². The molecule has 2 aromatic rings. The number of para-hydroxylation sites is 1. The first kappa shape index (κ1) is 12.9. The number of nitrogens with zero attached hydrogens (tertiary/aromatic N) is 3. The van der Waals surface area contributed by atoms with Gasteiger partial charge in [-0.2, -0.15) is 0 Å². The predicted molar refractivity (Wildman–Crippen MR) is 79.1 cm³/mol. The van der Waals surface area contributed by atoms with Crippen molar-refractivity contribution in [2.24, 2.45) is 7.05 Å². The highest BCUT2D eigenvalue weighted by molar-refractivity contribution is 6.01. The molecule has 0 fully saturated rings. The Hall–Kier alpha value is -2.10. The summed E-state index contributed by atoms with van der Waals surface area (Å²) in [5, 5.41) is 0. The van der Waals surface area contributed by atoms with E-state index < -0.39 is 0 Å². The van der Waals surface area contributed by atoms with Crippen LogP contribution >= 0.6 is 0 Å². The van der Waals surface area contributed by atoms with Crippen molar-refractivity contribution in [2.45, 2.75) is 19.3 Å². The first-order valence-corrected chi connectivity index (χ1v) is 7.09. The smallest absolute Gasteiger partial charge is 0.165 e. The van der Waals surface area contributed by atoms with Gasteiger partial charge in [0.2, 0.25) is 0 Å². The maximum absolute atomic E-state index is 12.1. The number of benzene rings is 1. The minimum atomic E-state index is 0.264. The summed E-state index contributed by atoms with van der Waals surface area (Å²) in [4.78, 5) is 18.8. The lowest BCUT2D eigenvalue weighted by Gasteiger charge is -2.24. The summed E-state index contributed by atoms with van der Waals surface area (Å²) in [5.74, 6) is 1.35. The lowest BCUT2D eigenvalue weighted by Crippen LogP contribution is -2.27. The lowest BCUT2D eigenvalue weighted by molar-refractivity contribution is 0.0984. The number of carbonyl (C=O) groups is 1. The van der Waals surface area contributed by atoms with Crippen LogP contribution in [-0.2, 0) is 13.5 Å². The highest BCUT2D eigenvalue weighted by atomic mass is 16.1. The Balaban J connectivity index is 1.81. The van der Waals surface area contributed by atoms with Crippen LogP contribution in [-0.4, -0.2) is 28.4 Å². The van der Waals surface area contributed by atoms with Crippen LogP contribution in [0.2, 0.25) is 0 Å². The van der Waals surface area contributed by atoms with E-state index in [0.29, 0.717) is 6.42 Å². The SMILES string of the molecule is Cn1ccnc1CCN1CCCC(=O)c2ccccc21. The van der Waals surface area contributed by atoms with E-state index >= 15 is 0 Å². The Morgan fingerprint density at radius 3 is 2.95 bits per heavy atom. The third-order valence-corrected chi connectivity index (χ3v) is 3.90. The molecule has 1 aliphatic rings. The Morgan fingerprint density at radius 2 is 2.15 bits per heavy atom. The molecule has 4 nitrogen and oxygen atoms in total. The average Bonchev–Trinajstić information content (AvgIpc) is 2.80. The Labute approximate surface area is 119 Å². The molecule has 0 spiro atoms.